The molecule has 4 rings (SSSR count). The van der Waals surface area contributed by atoms with Crippen molar-refractivity contribution >= 4 is 62.0 Å². The van der Waals surface area contributed by atoms with Gasteiger partial charge in [-0.05, 0) is 71.7 Å². The van der Waals surface area contributed by atoms with Crippen LogP contribution in [0.2, 0.25) is 0 Å². The van der Waals surface area contributed by atoms with E-state index in [9.17, 15) is 19.5 Å². The molecule has 4 N–H and O–H groups in total. The Morgan fingerprint density at radius 1 is 1.14 bits per heavy atom. The minimum Gasteiger partial charge on any atom is -0.477 e. The predicted molar refractivity (Wildman–Crippen MR) is 138 cm³/mol. The van der Waals surface area contributed by atoms with Crippen LogP contribution in [0.5, 0.6) is 0 Å². The summed E-state index contributed by atoms with van der Waals surface area (Å²) in [7, 11) is 0. The molecule has 2 heterocycles. The molecule has 0 fully saturated rings. The van der Waals surface area contributed by atoms with Crippen molar-refractivity contribution in [2.75, 3.05) is 0 Å². The van der Waals surface area contributed by atoms with Crippen molar-refractivity contribution in [3.05, 3.63) is 91.1 Å². The van der Waals surface area contributed by atoms with Gasteiger partial charge in [-0.1, -0.05) is 12.1 Å². The van der Waals surface area contributed by atoms with Gasteiger partial charge >= 0.3 is 5.97 Å². The molecule has 8 nitrogen and oxygen atoms in total. The number of thiazole rings is 1. The number of H-pyrrole nitrogens is 1. The van der Waals surface area contributed by atoms with Crippen LogP contribution in [-0.4, -0.2) is 32.9 Å². The van der Waals surface area contributed by atoms with Crippen LogP contribution in [0.4, 0.5) is 0 Å². The number of aliphatic carboxylic acids is 1. The van der Waals surface area contributed by atoms with Crippen molar-refractivity contribution in [2.45, 2.75) is 20.4 Å². The van der Waals surface area contributed by atoms with Crippen LogP contribution in [0.15, 0.2) is 58.8 Å². The highest BCUT2D eigenvalue weighted by Gasteiger charge is 2.18. The van der Waals surface area contributed by atoms with Gasteiger partial charge in [0.05, 0.1) is 21.1 Å². The molecule has 0 unspecified atom stereocenters. The molecule has 0 aliphatic carbocycles. The average molecular weight is 553 g/mol. The summed E-state index contributed by atoms with van der Waals surface area (Å²) in [6.45, 7) is 3.94. The van der Waals surface area contributed by atoms with Gasteiger partial charge in [0, 0.05) is 33.7 Å². The van der Waals surface area contributed by atoms with E-state index in [1.54, 1.807) is 6.92 Å². The van der Waals surface area contributed by atoms with Crippen molar-refractivity contribution < 1.29 is 19.5 Å². The van der Waals surface area contributed by atoms with E-state index in [0.29, 0.717) is 27.2 Å². The van der Waals surface area contributed by atoms with Crippen molar-refractivity contribution in [3.63, 3.8) is 0 Å². The molecule has 0 aliphatic heterocycles. The van der Waals surface area contributed by atoms with Crippen LogP contribution >= 0.6 is 27.3 Å². The van der Waals surface area contributed by atoms with E-state index in [0.717, 1.165) is 21.5 Å². The number of halogens is 1. The highest BCUT2D eigenvalue weighted by molar-refractivity contribution is 9.10. The lowest BCUT2D eigenvalue weighted by atomic mass is 10.1. The summed E-state index contributed by atoms with van der Waals surface area (Å²) in [5, 5.41) is 16.7. The third kappa shape index (κ3) is 5.50. The first kappa shape index (κ1) is 24.4. The number of aromatic amines is 1. The van der Waals surface area contributed by atoms with Gasteiger partial charge in [0.15, 0.2) is 0 Å². The first-order valence-corrected chi connectivity index (χ1v) is 12.2. The SMILES string of the molecule is Cc1nc(C)c(C=C(NC(=O)c2ccc(C(=O)NCc3cccc4[nH]ccc34)cc2Br)C(=O)O)s1. The average Bonchev–Trinajstić information content (AvgIpc) is 3.42. The van der Waals surface area contributed by atoms with Crippen molar-refractivity contribution in [1.82, 2.24) is 20.6 Å². The normalized spacial score (nSPS) is 11.5. The zero-order chi connectivity index (χ0) is 25.1. The van der Waals surface area contributed by atoms with Gasteiger partial charge in [-0.3, -0.25) is 9.59 Å². The summed E-state index contributed by atoms with van der Waals surface area (Å²) in [6.07, 6.45) is 3.24. The Balaban J connectivity index is 1.47. The minimum atomic E-state index is -1.27. The summed E-state index contributed by atoms with van der Waals surface area (Å²) in [4.78, 5) is 45.3. The van der Waals surface area contributed by atoms with E-state index < -0.39 is 11.9 Å². The number of hydrogen-bond donors (Lipinski definition) is 4. The Morgan fingerprint density at radius 3 is 2.63 bits per heavy atom. The van der Waals surface area contributed by atoms with Crippen LogP contribution in [0, 0.1) is 13.8 Å². The number of benzene rings is 2. The fourth-order valence-corrected chi connectivity index (χ4v) is 5.01. The topological polar surface area (TPSA) is 124 Å². The van der Waals surface area contributed by atoms with Crippen LogP contribution in [-0.2, 0) is 11.3 Å². The van der Waals surface area contributed by atoms with Gasteiger partial charge in [-0.25, -0.2) is 9.78 Å². The molecule has 0 saturated carbocycles. The molecule has 2 amide bonds. The Morgan fingerprint density at radius 2 is 1.94 bits per heavy atom. The Hall–Kier alpha value is -3.76. The van der Waals surface area contributed by atoms with Gasteiger partial charge in [-0.15, -0.1) is 11.3 Å². The fourth-order valence-electron chi connectivity index (χ4n) is 3.58. The third-order valence-electron chi connectivity index (χ3n) is 5.29. The molecule has 0 aliphatic rings. The smallest absolute Gasteiger partial charge is 0.352 e. The zero-order valence-electron chi connectivity index (χ0n) is 18.8. The summed E-state index contributed by atoms with van der Waals surface area (Å²) in [5.41, 5.74) is 2.94. The number of rotatable bonds is 7. The van der Waals surface area contributed by atoms with Crippen molar-refractivity contribution in [1.29, 1.82) is 0 Å². The summed E-state index contributed by atoms with van der Waals surface area (Å²) in [6, 6.07) is 12.3. The molecule has 0 saturated heterocycles. The standard InChI is InChI=1S/C25H21BrN4O4S/c1-13-22(35-14(2)29-13)11-21(25(33)34)30-24(32)18-7-6-15(10-19(18)26)23(31)28-12-16-4-3-5-20-17(16)8-9-27-20/h3-11,27H,12H2,1-2H3,(H,28,31)(H,30,32)(H,33,34). The lowest BCUT2D eigenvalue weighted by Crippen LogP contribution is -2.28. The highest BCUT2D eigenvalue weighted by atomic mass is 79.9. The Bertz CT molecular complexity index is 1490. The molecular formula is C25H21BrN4O4S. The number of aromatic nitrogens is 2. The molecule has 2 aromatic heterocycles. The fraction of sp³-hybridized carbons (Fsp3) is 0.120. The molecule has 178 valence electrons. The Labute approximate surface area is 213 Å². The molecule has 0 spiro atoms. The lowest BCUT2D eigenvalue weighted by molar-refractivity contribution is -0.132. The van der Waals surface area contributed by atoms with E-state index in [1.165, 1.54) is 35.6 Å². The second kappa shape index (κ2) is 10.2. The van der Waals surface area contributed by atoms with Crippen LogP contribution in [0.3, 0.4) is 0 Å². The van der Waals surface area contributed by atoms with Gasteiger partial charge in [0.2, 0.25) is 0 Å². The van der Waals surface area contributed by atoms with Crippen molar-refractivity contribution in [2.24, 2.45) is 0 Å². The number of fused-ring (bicyclic) bond motifs is 1. The summed E-state index contributed by atoms with van der Waals surface area (Å²) < 4.78 is 0.366. The van der Waals surface area contributed by atoms with Gasteiger partial charge in [-0.2, -0.15) is 0 Å². The van der Waals surface area contributed by atoms with Gasteiger partial charge in [0.25, 0.3) is 11.8 Å². The number of carbonyl (C=O) groups is 3. The van der Waals surface area contributed by atoms with Crippen LogP contribution in [0.1, 0.15) is 41.9 Å². The predicted octanol–water partition coefficient (Wildman–Crippen LogP) is 4.79. The maximum absolute atomic E-state index is 12.8. The second-order valence-corrected chi connectivity index (χ2v) is 9.82. The number of carboxylic acids is 1. The van der Waals surface area contributed by atoms with E-state index in [2.05, 4.69) is 36.5 Å². The van der Waals surface area contributed by atoms with Gasteiger partial charge in [0.1, 0.15) is 5.70 Å². The second-order valence-electron chi connectivity index (χ2n) is 7.73. The highest BCUT2D eigenvalue weighted by Crippen LogP contribution is 2.22. The Kier molecular flexibility index (Phi) is 7.13. The van der Waals surface area contributed by atoms with E-state index >= 15 is 0 Å². The van der Waals surface area contributed by atoms with Crippen LogP contribution < -0.4 is 10.6 Å². The summed E-state index contributed by atoms with van der Waals surface area (Å²) in [5.74, 6) is -2.18. The monoisotopic (exact) mass is 552 g/mol. The third-order valence-corrected chi connectivity index (χ3v) is 6.97. The molecular weight excluding hydrogens is 532 g/mol. The molecule has 0 radical (unpaired) electrons. The first-order chi connectivity index (χ1) is 16.7. The summed E-state index contributed by atoms with van der Waals surface area (Å²) >= 11 is 4.67. The van der Waals surface area contributed by atoms with Crippen LogP contribution in [0.25, 0.3) is 17.0 Å². The molecule has 4 aromatic rings. The quantitative estimate of drug-likeness (QED) is 0.245. The van der Waals surface area contributed by atoms with Crippen molar-refractivity contribution in [3.8, 4) is 0 Å². The van der Waals surface area contributed by atoms with Gasteiger partial charge < -0.3 is 20.7 Å². The lowest BCUT2D eigenvalue weighted by Gasteiger charge is -2.10. The van der Waals surface area contributed by atoms with E-state index in [-0.39, 0.29) is 17.2 Å². The first-order valence-electron chi connectivity index (χ1n) is 10.6. The largest absolute Gasteiger partial charge is 0.477 e. The molecule has 10 heteroatoms. The van der Waals surface area contributed by atoms with E-state index in [1.807, 2.05) is 37.4 Å². The maximum Gasteiger partial charge on any atom is 0.352 e. The molecule has 35 heavy (non-hydrogen) atoms. The number of hydrogen-bond acceptors (Lipinski definition) is 5. The number of nitrogens with one attached hydrogen (secondary N) is 3. The molecule has 2 aromatic carbocycles. The van der Waals surface area contributed by atoms with E-state index in [4.69, 9.17) is 0 Å². The zero-order valence-corrected chi connectivity index (χ0v) is 21.2. The number of carbonyl (C=O) groups excluding carboxylic acids is 2. The number of nitrogens with zero attached hydrogens (tertiary/aromatic N) is 1. The molecule has 0 bridgehead atoms. The minimum absolute atomic E-state index is 0.197. The number of amides is 2. The molecule has 0 atom stereocenters. The number of aryl methyl sites for hydroxylation is 2. The number of carboxylic acid groups (broad SMARTS) is 1. The maximum atomic E-state index is 12.8.